The number of benzene rings is 2. The van der Waals surface area contributed by atoms with Gasteiger partial charge >= 0.3 is 0 Å². The Morgan fingerprint density at radius 3 is 2.85 bits per heavy atom. The number of aromatic hydroxyl groups is 1. The van der Waals surface area contributed by atoms with Crippen LogP contribution < -0.4 is 15.4 Å². The van der Waals surface area contributed by atoms with Gasteiger partial charge < -0.3 is 20.5 Å². The third kappa shape index (κ3) is 3.15. The van der Waals surface area contributed by atoms with Gasteiger partial charge in [-0.1, -0.05) is 11.6 Å². The van der Waals surface area contributed by atoms with Crippen molar-refractivity contribution in [2.24, 2.45) is 0 Å². The average molecular weight is 350 g/mol. The fraction of sp³-hybridized carbons (Fsp3) is 0.300. The van der Waals surface area contributed by atoms with Crippen molar-refractivity contribution in [1.82, 2.24) is 15.3 Å². The van der Waals surface area contributed by atoms with Gasteiger partial charge in [0.2, 0.25) is 0 Å². The Kier molecular flexibility index (Phi) is 4.34. The molecule has 0 unspecified atom stereocenters. The molecule has 1 fully saturated rings. The SMILES string of the molecule is COc1ccc2nc(-c3cc(C)ccc3O)nc(N[C@H]3CCNC3)c2c1. The van der Waals surface area contributed by atoms with Gasteiger partial charge in [-0.3, -0.25) is 0 Å². The van der Waals surface area contributed by atoms with E-state index in [0.29, 0.717) is 17.4 Å². The summed E-state index contributed by atoms with van der Waals surface area (Å²) in [7, 11) is 1.65. The Morgan fingerprint density at radius 2 is 2.08 bits per heavy atom. The van der Waals surface area contributed by atoms with Gasteiger partial charge in [0.15, 0.2) is 5.82 Å². The molecule has 2 heterocycles. The summed E-state index contributed by atoms with van der Waals surface area (Å²) in [6.07, 6.45) is 1.04. The van der Waals surface area contributed by atoms with Crippen LogP contribution in [0.15, 0.2) is 36.4 Å². The van der Waals surface area contributed by atoms with Crippen molar-refractivity contribution in [3.05, 3.63) is 42.0 Å². The first-order valence-electron chi connectivity index (χ1n) is 8.77. The molecule has 1 saturated heterocycles. The number of nitrogens with zero attached hydrogens (tertiary/aromatic N) is 2. The van der Waals surface area contributed by atoms with Crippen molar-refractivity contribution >= 4 is 16.7 Å². The third-order valence-corrected chi connectivity index (χ3v) is 4.70. The minimum atomic E-state index is 0.178. The van der Waals surface area contributed by atoms with E-state index in [4.69, 9.17) is 9.72 Å². The summed E-state index contributed by atoms with van der Waals surface area (Å²) in [5.41, 5.74) is 2.49. The molecule has 0 saturated carbocycles. The Morgan fingerprint density at radius 1 is 1.19 bits per heavy atom. The fourth-order valence-electron chi connectivity index (χ4n) is 3.27. The summed E-state index contributed by atoms with van der Waals surface area (Å²) in [5.74, 6) is 2.22. The van der Waals surface area contributed by atoms with Crippen molar-refractivity contribution in [1.29, 1.82) is 0 Å². The van der Waals surface area contributed by atoms with Gasteiger partial charge in [0.25, 0.3) is 0 Å². The average Bonchev–Trinajstić information content (AvgIpc) is 3.16. The molecule has 0 bridgehead atoms. The zero-order valence-corrected chi connectivity index (χ0v) is 14.9. The molecule has 26 heavy (non-hydrogen) atoms. The van der Waals surface area contributed by atoms with Crippen LogP contribution in [-0.2, 0) is 0 Å². The van der Waals surface area contributed by atoms with Gasteiger partial charge in [-0.25, -0.2) is 9.97 Å². The molecular formula is C20H22N4O2. The summed E-state index contributed by atoms with van der Waals surface area (Å²) >= 11 is 0. The normalized spacial score (nSPS) is 16.8. The zero-order chi connectivity index (χ0) is 18.1. The maximum absolute atomic E-state index is 10.3. The van der Waals surface area contributed by atoms with E-state index < -0.39 is 0 Å². The highest BCUT2D eigenvalue weighted by molar-refractivity contribution is 5.92. The first-order chi connectivity index (χ1) is 12.6. The number of rotatable bonds is 4. The Bertz CT molecular complexity index is 952. The van der Waals surface area contributed by atoms with Crippen LogP contribution in [0.4, 0.5) is 5.82 Å². The van der Waals surface area contributed by atoms with Crippen molar-refractivity contribution in [3.63, 3.8) is 0 Å². The molecule has 0 aliphatic carbocycles. The highest BCUT2D eigenvalue weighted by Crippen LogP contribution is 2.32. The molecular weight excluding hydrogens is 328 g/mol. The predicted molar refractivity (Wildman–Crippen MR) is 103 cm³/mol. The van der Waals surface area contributed by atoms with E-state index in [2.05, 4.69) is 15.6 Å². The monoisotopic (exact) mass is 350 g/mol. The van der Waals surface area contributed by atoms with Crippen molar-refractivity contribution in [3.8, 4) is 22.9 Å². The summed E-state index contributed by atoms with van der Waals surface area (Å²) < 4.78 is 5.36. The number of hydrogen-bond acceptors (Lipinski definition) is 6. The maximum Gasteiger partial charge on any atom is 0.165 e. The first kappa shape index (κ1) is 16.6. The number of methoxy groups -OCH3 is 1. The van der Waals surface area contributed by atoms with Crippen LogP contribution in [0.5, 0.6) is 11.5 Å². The van der Waals surface area contributed by atoms with E-state index in [1.165, 1.54) is 0 Å². The number of ether oxygens (including phenoxy) is 1. The first-order valence-corrected chi connectivity index (χ1v) is 8.77. The lowest BCUT2D eigenvalue weighted by molar-refractivity contribution is 0.415. The molecule has 1 aliphatic rings. The van der Waals surface area contributed by atoms with E-state index in [1.54, 1.807) is 13.2 Å². The second-order valence-corrected chi connectivity index (χ2v) is 6.63. The molecule has 0 spiro atoms. The van der Waals surface area contributed by atoms with Crippen molar-refractivity contribution < 1.29 is 9.84 Å². The fourth-order valence-corrected chi connectivity index (χ4v) is 3.27. The lowest BCUT2D eigenvalue weighted by Gasteiger charge is -2.16. The van der Waals surface area contributed by atoms with Gasteiger partial charge in [-0.2, -0.15) is 0 Å². The molecule has 3 aromatic rings. The number of phenols is 1. The van der Waals surface area contributed by atoms with Crippen LogP contribution in [0.2, 0.25) is 0 Å². The van der Waals surface area contributed by atoms with E-state index in [9.17, 15) is 5.11 Å². The molecule has 1 atom stereocenters. The smallest absolute Gasteiger partial charge is 0.165 e. The minimum absolute atomic E-state index is 0.178. The molecule has 4 rings (SSSR count). The second kappa shape index (κ2) is 6.80. The van der Waals surface area contributed by atoms with Crippen LogP contribution >= 0.6 is 0 Å². The third-order valence-electron chi connectivity index (χ3n) is 4.70. The highest BCUT2D eigenvalue weighted by atomic mass is 16.5. The number of nitrogens with one attached hydrogen (secondary N) is 2. The molecule has 6 heteroatoms. The molecule has 2 aromatic carbocycles. The number of fused-ring (bicyclic) bond motifs is 1. The van der Waals surface area contributed by atoms with Crippen LogP contribution in [-0.4, -0.2) is 41.3 Å². The van der Waals surface area contributed by atoms with Crippen LogP contribution in [0.1, 0.15) is 12.0 Å². The molecule has 3 N–H and O–H groups in total. The number of phenolic OH excluding ortho intramolecular Hbond substituents is 1. The van der Waals surface area contributed by atoms with Gasteiger partial charge in [-0.05, 0) is 50.2 Å². The Balaban J connectivity index is 1.87. The second-order valence-electron chi connectivity index (χ2n) is 6.63. The summed E-state index contributed by atoms with van der Waals surface area (Å²) in [4.78, 5) is 9.42. The molecule has 6 nitrogen and oxygen atoms in total. The lowest BCUT2D eigenvalue weighted by atomic mass is 10.1. The largest absolute Gasteiger partial charge is 0.507 e. The number of aryl methyl sites for hydroxylation is 1. The van der Waals surface area contributed by atoms with E-state index in [0.717, 1.165) is 47.5 Å². The van der Waals surface area contributed by atoms with Crippen LogP contribution in [0.3, 0.4) is 0 Å². The van der Waals surface area contributed by atoms with Crippen molar-refractivity contribution in [2.75, 3.05) is 25.5 Å². The molecule has 1 aliphatic heterocycles. The number of hydrogen-bond donors (Lipinski definition) is 3. The van der Waals surface area contributed by atoms with Gasteiger partial charge in [0.1, 0.15) is 17.3 Å². The molecule has 0 radical (unpaired) electrons. The Hall–Kier alpha value is -2.86. The summed E-state index contributed by atoms with van der Waals surface area (Å²) in [5, 5.41) is 18.1. The minimum Gasteiger partial charge on any atom is -0.507 e. The summed E-state index contributed by atoms with van der Waals surface area (Å²) in [6, 6.07) is 11.5. The zero-order valence-electron chi connectivity index (χ0n) is 14.9. The van der Waals surface area contributed by atoms with Gasteiger partial charge in [0, 0.05) is 18.0 Å². The lowest BCUT2D eigenvalue weighted by Crippen LogP contribution is -2.23. The Labute approximate surface area is 152 Å². The van der Waals surface area contributed by atoms with Gasteiger partial charge in [0.05, 0.1) is 18.2 Å². The number of anilines is 1. The maximum atomic E-state index is 10.3. The van der Waals surface area contributed by atoms with E-state index in [-0.39, 0.29) is 5.75 Å². The number of aromatic nitrogens is 2. The topological polar surface area (TPSA) is 79.3 Å². The standard InChI is InChI=1S/C20H22N4O2/c1-12-3-6-18(25)16(9-12)20-23-17-5-4-14(26-2)10-15(17)19(24-20)22-13-7-8-21-11-13/h3-6,9-10,13,21,25H,7-8,11H2,1-2H3,(H,22,23,24)/t13-/m0/s1. The molecule has 1 aromatic heterocycles. The van der Waals surface area contributed by atoms with Crippen LogP contribution in [0.25, 0.3) is 22.3 Å². The van der Waals surface area contributed by atoms with E-state index >= 15 is 0 Å². The van der Waals surface area contributed by atoms with Crippen LogP contribution in [0, 0.1) is 6.92 Å². The van der Waals surface area contributed by atoms with Gasteiger partial charge in [-0.15, -0.1) is 0 Å². The molecule has 0 amide bonds. The van der Waals surface area contributed by atoms with Crippen molar-refractivity contribution in [2.45, 2.75) is 19.4 Å². The quantitative estimate of drug-likeness (QED) is 0.671. The molecule has 134 valence electrons. The van der Waals surface area contributed by atoms with E-state index in [1.807, 2.05) is 37.3 Å². The summed E-state index contributed by atoms with van der Waals surface area (Å²) in [6.45, 7) is 3.88. The highest BCUT2D eigenvalue weighted by Gasteiger charge is 2.18. The predicted octanol–water partition coefficient (Wildman–Crippen LogP) is 3.09.